The number of benzene rings is 2. The molecule has 5 heteroatoms. The van der Waals surface area contributed by atoms with Gasteiger partial charge in [0.15, 0.2) is 6.61 Å². The molecular weight excluding hydrogens is 324 g/mol. The molecule has 0 saturated heterocycles. The molecule has 120 valence electrons. The number of amides is 1. The Labute approximate surface area is 145 Å². The molecule has 0 radical (unpaired) electrons. The molecule has 0 aliphatic carbocycles. The van der Waals surface area contributed by atoms with E-state index in [0.717, 1.165) is 11.3 Å². The monoisotopic (exact) mass is 338 g/mol. The van der Waals surface area contributed by atoms with Crippen LogP contribution >= 0.6 is 11.6 Å². The molecule has 2 aromatic carbocycles. The van der Waals surface area contributed by atoms with Crippen LogP contribution in [0.25, 0.3) is 11.3 Å². The first-order chi connectivity index (χ1) is 11.7. The molecule has 1 N–H and O–H groups in total. The maximum absolute atomic E-state index is 11.9. The first-order valence-electron chi connectivity index (χ1n) is 7.40. The van der Waals surface area contributed by atoms with Crippen molar-refractivity contribution in [3.05, 3.63) is 77.9 Å². The summed E-state index contributed by atoms with van der Waals surface area (Å²) >= 11 is 5.80. The largest absolute Gasteiger partial charge is 0.484 e. The third-order valence-corrected chi connectivity index (χ3v) is 3.55. The molecule has 0 bridgehead atoms. The number of ether oxygens (including phenoxy) is 1. The Hall–Kier alpha value is -2.85. The van der Waals surface area contributed by atoms with Crippen LogP contribution in [0.1, 0.15) is 0 Å². The molecule has 0 fully saturated rings. The van der Waals surface area contributed by atoms with Gasteiger partial charge in [-0.2, -0.15) is 0 Å². The zero-order valence-electron chi connectivity index (χ0n) is 12.8. The van der Waals surface area contributed by atoms with E-state index in [-0.39, 0.29) is 12.5 Å². The number of nitrogens with zero attached hydrogens (tertiary/aromatic N) is 1. The summed E-state index contributed by atoms with van der Waals surface area (Å²) in [5.74, 6) is 0.339. The number of pyridine rings is 1. The quantitative estimate of drug-likeness (QED) is 0.749. The van der Waals surface area contributed by atoms with Crippen molar-refractivity contribution in [1.82, 2.24) is 4.98 Å². The lowest BCUT2D eigenvalue weighted by Gasteiger charge is -2.08. The minimum atomic E-state index is -0.251. The van der Waals surface area contributed by atoms with E-state index in [1.807, 2.05) is 42.5 Å². The van der Waals surface area contributed by atoms with Crippen LogP contribution < -0.4 is 10.1 Å². The summed E-state index contributed by atoms with van der Waals surface area (Å²) in [5.41, 5.74) is 2.51. The lowest BCUT2D eigenvalue weighted by atomic mass is 10.1. The van der Waals surface area contributed by atoms with Gasteiger partial charge in [-0.15, -0.1) is 0 Å². The molecule has 1 amide bonds. The fourth-order valence-electron chi connectivity index (χ4n) is 2.12. The van der Waals surface area contributed by atoms with Gasteiger partial charge >= 0.3 is 0 Å². The van der Waals surface area contributed by atoms with E-state index >= 15 is 0 Å². The van der Waals surface area contributed by atoms with Crippen molar-refractivity contribution >= 4 is 23.2 Å². The fourth-order valence-corrected chi connectivity index (χ4v) is 2.25. The first kappa shape index (κ1) is 16.0. The highest BCUT2D eigenvalue weighted by Gasteiger charge is 2.05. The topological polar surface area (TPSA) is 51.2 Å². The second-order valence-corrected chi connectivity index (χ2v) is 5.53. The highest BCUT2D eigenvalue weighted by molar-refractivity contribution is 6.30. The summed E-state index contributed by atoms with van der Waals surface area (Å²) < 4.78 is 5.40. The second kappa shape index (κ2) is 7.62. The zero-order valence-corrected chi connectivity index (χ0v) is 13.5. The van der Waals surface area contributed by atoms with E-state index < -0.39 is 0 Å². The van der Waals surface area contributed by atoms with Gasteiger partial charge in [0.05, 0.1) is 17.6 Å². The number of carbonyl (C=O) groups is 1. The molecule has 1 heterocycles. The Bertz CT molecular complexity index is 803. The Morgan fingerprint density at radius 2 is 1.75 bits per heavy atom. The summed E-state index contributed by atoms with van der Waals surface area (Å²) in [6, 6.07) is 20.4. The maximum Gasteiger partial charge on any atom is 0.262 e. The summed E-state index contributed by atoms with van der Waals surface area (Å²) in [5, 5.41) is 3.37. The van der Waals surface area contributed by atoms with E-state index in [2.05, 4.69) is 10.3 Å². The van der Waals surface area contributed by atoms with Gasteiger partial charge < -0.3 is 10.1 Å². The highest BCUT2D eigenvalue weighted by Crippen LogP contribution is 2.18. The lowest BCUT2D eigenvalue weighted by molar-refractivity contribution is -0.118. The number of hydrogen-bond donors (Lipinski definition) is 1. The molecule has 0 aliphatic rings. The minimum Gasteiger partial charge on any atom is -0.484 e. The van der Waals surface area contributed by atoms with Crippen molar-refractivity contribution in [3.63, 3.8) is 0 Å². The van der Waals surface area contributed by atoms with Crippen molar-refractivity contribution in [3.8, 4) is 17.0 Å². The van der Waals surface area contributed by atoms with Crippen LogP contribution in [0.3, 0.4) is 0 Å². The van der Waals surface area contributed by atoms with Crippen molar-refractivity contribution in [2.75, 3.05) is 11.9 Å². The lowest BCUT2D eigenvalue weighted by Crippen LogP contribution is -2.20. The Balaban J connectivity index is 1.55. The predicted molar refractivity (Wildman–Crippen MR) is 95.2 cm³/mol. The van der Waals surface area contributed by atoms with Gasteiger partial charge in [0.1, 0.15) is 5.75 Å². The number of anilines is 1. The standard InChI is InChI=1S/C19H15ClN2O2/c20-15-6-9-17(10-7-15)24-13-19(23)22-16-8-11-18(21-12-16)14-4-2-1-3-5-14/h1-12H,13H2,(H,22,23). The molecule has 3 aromatic rings. The molecular formula is C19H15ClN2O2. The number of halogens is 1. The van der Waals surface area contributed by atoms with Crippen molar-refractivity contribution in [1.29, 1.82) is 0 Å². The molecule has 0 atom stereocenters. The Kier molecular flexibility index (Phi) is 5.08. The average Bonchev–Trinajstić information content (AvgIpc) is 2.63. The predicted octanol–water partition coefficient (Wildman–Crippen LogP) is 4.42. The Morgan fingerprint density at radius 1 is 1.00 bits per heavy atom. The van der Waals surface area contributed by atoms with Crippen LogP contribution in [0, 0.1) is 0 Å². The third kappa shape index (κ3) is 4.33. The Morgan fingerprint density at radius 3 is 2.42 bits per heavy atom. The fraction of sp³-hybridized carbons (Fsp3) is 0.0526. The van der Waals surface area contributed by atoms with Gasteiger partial charge in [-0.25, -0.2) is 0 Å². The number of aromatic nitrogens is 1. The zero-order chi connectivity index (χ0) is 16.8. The number of carbonyl (C=O) groups excluding carboxylic acids is 1. The molecule has 3 rings (SSSR count). The van der Waals surface area contributed by atoms with E-state index in [9.17, 15) is 4.79 Å². The first-order valence-corrected chi connectivity index (χ1v) is 7.78. The highest BCUT2D eigenvalue weighted by atomic mass is 35.5. The van der Waals surface area contributed by atoms with Gasteiger partial charge in [0, 0.05) is 10.6 Å². The SMILES string of the molecule is O=C(COc1ccc(Cl)cc1)Nc1ccc(-c2ccccc2)nc1. The van der Waals surface area contributed by atoms with E-state index in [0.29, 0.717) is 16.5 Å². The van der Waals surface area contributed by atoms with Crippen LogP contribution in [-0.4, -0.2) is 17.5 Å². The van der Waals surface area contributed by atoms with E-state index in [4.69, 9.17) is 16.3 Å². The maximum atomic E-state index is 11.9. The normalized spacial score (nSPS) is 10.2. The summed E-state index contributed by atoms with van der Waals surface area (Å²) in [7, 11) is 0. The molecule has 24 heavy (non-hydrogen) atoms. The van der Waals surface area contributed by atoms with Gasteiger partial charge in [-0.1, -0.05) is 41.9 Å². The van der Waals surface area contributed by atoms with Crippen molar-refractivity contribution in [2.24, 2.45) is 0 Å². The van der Waals surface area contributed by atoms with Gasteiger partial charge in [0.2, 0.25) is 0 Å². The third-order valence-electron chi connectivity index (χ3n) is 3.30. The van der Waals surface area contributed by atoms with Crippen molar-refractivity contribution < 1.29 is 9.53 Å². The summed E-state index contributed by atoms with van der Waals surface area (Å²) in [4.78, 5) is 16.3. The molecule has 0 aliphatic heterocycles. The van der Waals surface area contributed by atoms with Crippen LogP contribution in [0.2, 0.25) is 5.02 Å². The van der Waals surface area contributed by atoms with Gasteiger partial charge in [-0.05, 0) is 36.4 Å². The van der Waals surface area contributed by atoms with Crippen LogP contribution in [0.5, 0.6) is 5.75 Å². The smallest absolute Gasteiger partial charge is 0.262 e. The molecule has 1 aromatic heterocycles. The van der Waals surface area contributed by atoms with Crippen LogP contribution in [0.4, 0.5) is 5.69 Å². The average molecular weight is 339 g/mol. The number of rotatable bonds is 5. The molecule has 0 spiro atoms. The van der Waals surface area contributed by atoms with E-state index in [1.54, 1.807) is 30.5 Å². The molecule has 0 unspecified atom stereocenters. The van der Waals surface area contributed by atoms with Gasteiger partial charge in [0.25, 0.3) is 5.91 Å². The van der Waals surface area contributed by atoms with Crippen LogP contribution in [0.15, 0.2) is 72.9 Å². The summed E-state index contributed by atoms with van der Waals surface area (Å²) in [6.45, 7) is -0.0813. The van der Waals surface area contributed by atoms with E-state index in [1.165, 1.54) is 0 Å². The van der Waals surface area contributed by atoms with Crippen LogP contribution in [-0.2, 0) is 4.79 Å². The second-order valence-electron chi connectivity index (χ2n) is 5.09. The molecule has 0 saturated carbocycles. The summed E-state index contributed by atoms with van der Waals surface area (Å²) in [6.07, 6.45) is 1.63. The molecule has 4 nitrogen and oxygen atoms in total. The van der Waals surface area contributed by atoms with Gasteiger partial charge in [-0.3, -0.25) is 9.78 Å². The number of hydrogen-bond acceptors (Lipinski definition) is 3. The minimum absolute atomic E-state index is 0.0813. The number of nitrogens with one attached hydrogen (secondary N) is 1. The van der Waals surface area contributed by atoms with Crippen molar-refractivity contribution in [2.45, 2.75) is 0 Å².